The first-order chi connectivity index (χ1) is 6.20. The summed E-state index contributed by atoms with van der Waals surface area (Å²) < 4.78 is 9.21. The molecule has 1 atom stereocenters. The topological polar surface area (TPSA) is 55.8 Å². The summed E-state index contributed by atoms with van der Waals surface area (Å²) in [5, 5.41) is 8.97. The summed E-state index contributed by atoms with van der Waals surface area (Å²) >= 11 is 0. The molecule has 0 amide bonds. The molecule has 1 unspecified atom stereocenters. The van der Waals surface area contributed by atoms with Gasteiger partial charge >= 0.3 is 5.97 Å². The molecule has 1 N–H and O–H groups in total. The van der Waals surface area contributed by atoms with Gasteiger partial charge in [0.25, 0.3) is 0 Å². The van der Waals surface area contributed by atoms with Gasteiger partial charge in [-0.25, -0.2) is 4.79 Å². The summed E-state index contributed by atoms with van der Waals surface area (Å²) in [6, 6.07) is 0. The number of terminal acetylenes is 1. The van der Waals surface area contributed by atoms with Gasteiger partial charge in [-0.2, -0.15) is 0 Å². The van der Waals surface area contributed by atoms with Gasteiger partial charge in [-0.1, -0.05) is 5.92 Å². The third kappa shape index (κ3) is 7.06. The molecule has 0 radical (unpaired) electrons. The Balaban J connectivity index is 3.70. The number of esters is 1. The molecular formula is C9H12O4. The molecule has 4 nitrogen and oxygen atoms in total. The molecule has 0 saturated carbocycles. The lowest BCUT2D eigenvalue weighted by atomic mass is 10.5. The van der Waals surface area contributed by atoms with Crippen LogP contribution in [0.4, 0.5) is 0 Å². The second-order valence-corrected chi connectivity index (χ2v) is 2.02. The molecule has 13 heavy (non-hydrogen) atoms. The number of carbonyl (C=O) groups excluding carboxylic acids is 1. The Morgan fingerprint density at radius 3 is 3.00 bits per heavy atom. The van der Waals surface area contributed by atoms with E-state index in [9.17, 15) is 4.79 Å². The van der Waals surface area contributed by atoms with Gasteiger partial charge in [0.05, 0.1) is 0 Å². The van der Waals surface area contributed by atoms with Crippen LogP contribution < -0.4 is 0 Å². The molecular weight excluding hydrogens is 172 g/mol. The highest BCUT2D eigenvalue weighted by molar-refractivity contribution is 5.82. The third-order valence-electron chi connectivity index (χ3n) is 1.03. The monoisotopic (exact) mass is 184 g/mol. The molecule has 0 bridgehead atoms. The van der Waals surface area contributed by atoms with Crippen LogP contribution in [-0.2, 0) is 14.3 Å². The molecule has 0 aliphatic carbocycles. The van der Waals surface area contributed by atoms with Crippen LogP contribution >= 0.6 is 0 Å². The predicted octanol–water partition coefficient (Wildman–Crippen LogP) is 0.0739. The van der Waals surface area contributed by atoms with Crippen LogP contribution in [0.25, 0.3) is 0 Å². The van der Waals surface area contributed by atoms with Crippen molar-refractivity contribution in [3.05, 3.63) is 12.2 Å². The summed E-state index contributed by atoms with van der Waals surface area (Å²) in [6.45, 7) is 2.02. The van der Waals surface area contributed by atoms with E-state index in [-0.39, 0.29) is 6.61 Å². The number of aliphatic hydroxyl groups excluding tert-OH is 1. The van der Waals surface area contributed by atoms with E-state index < -0.39 is 12.3 Å². The van der Waals surface area contributed by atoms with Crippen LogP contribution in [0.15, 0.2) is 12.2 Å². The molecule has 0 aliphatic rings. The summed E-state index contributed by atoms with van der Waals surface area (Å²) in [6.07, 6.45) is 6.02. The van der Waals surface area contributed by atoms with Crippen LogP contribution in [0.5, 0.6) is 0 Å². The first kappa shape index (κ1) is 11.7. The van der Waals surface area contributed by atoms with E-state index in [1.54, 1.807) is 6.92 Å². The average Bonchev–Trinajstić information content (AvgIpc) is 2.12. The minimum atomic E-state index is -1.08. The first-order valence-electron chi connectivity index (χ1n) is 3.78. The van der Waals surface area contributed by atoms with E-state index >= 15 is 0 Å². The van der Waals surface area contributed by atoms with Crippen molar-refractivity contribution in [2.75, 3.05) is 13.2 Å². The number of carbonyl (C=O) groups is 1. The second kappa shape index (κ2) is 7.35. The number of hydrogen-bond donors (Lipinski definition) is 1. The molecule has 0 saturated heterocycles. The molecule has 0 aromatic carbocycles. The Morgan fingerprint density at radius 1 is 1.77 bits per heavy atom. The quantitative estimate of drug-likeness (QED) is 0.284. The van der Waals surface area contributed by atoms with Crippen molar-refractivity contribution >= 4 is 5.97 Å². The first-order valence-corrected chi connectivity index (χ1v) is 3.78. The summed E-state index contributed by atoms with van der Waals surface area (Å²) in [4.78, 5) is 10.7. The molecule has 0 aromatic heterocycles. The number of aliphatic hydroxyl groups is 1. The lowest BCUT2D eigenvalue weighted by Crippen LogP contribution is -2.09. The van der Waals surface area contributed by atoms with E-state index in [1.165, 1.54) is 6.08 Å². The van der Waals surface area contributed by atoms with Crippen molar-refractivity contribution in [3.63, 3.8) is 0 Å². The normalized spacial score (nSPS) is 12.4. The van der Waals surface area contributed by atoms with Gasteiger partial charge in [0.1, 0.15) is 0 Å². The minimum Gasteiger partial charge on any atom is -0.449 e. The largest absolute Gasteiger partial charge is 0.449 e. The van der Waals surface area contributed by atoms with Gasteiger partial charge < -0.3 is 14.6 Å². The van der Waals surface area contributed by atoms with Crippen LogP contribution in [0.3, 0.4) is 0 Å². The minimum absolute atomic E-state index is 0.0755. The average molecular weight is 184 g/mol. The smallest absolute Gasteiger partial charge is 0.331 e. The number of hydrogen-bond acceptors (Lipinski definition) is 4. The molecule has 0 aromatic rings. The Labute approximate surface area is 77.2 Å². The zero-order chi connectivity index (χ0) is 10.1. The molecule has 4 heteroatoms. The van der Waals surface area contributed by atoms with Crippen molar-refractivity contribution in [2.45, 2.75) is 13.2 Å². The van der Waals surface area contributed by atoms with E-state index in [2.05, 4.69) is 10.7 Å². The van der Waals surface area contributed by atoms with Crippen LogP contribution in [0.2, 0.25) is 0 Å². The lowest BCUT2D eigenvalue weighted by molar-refractivity contribution is -0.136. The van der Waals surface area contributed by atoms with Crippen LogP contribution in [0, 0.1) is 12.3 Å². The fourth-order valence-corrected chi connectivity index (χ4v) is 0.548. The molecule has 0 heterocycles. The van der Waals surface area contributed by atoms with Crippen molar-refractivity contribution < 1.29 is 19.4 Å². The van der Waals surface area contributed by atoms with E-state index in [0.717, 1.165) is 6.08 Å². The summed E-state index contributed by atoms with van der Waals surface area (Å²) in [7, 11) is 0. The van der Waals surface area contributed by atoms with Gasteiger partial charge in [-0.05, 0) is 13.0 Å². The SMILES string of the molecule is C#CCOC(=O)C=CC(O)OCC. The maximum Gasteiger partial charge on any atom is 0.331 e. The van der Waals surface area contributed by atoms with Crippen molar-refractivity contribution in [3.8, 4) is 12.3 Å². The van der Waals surface area contributed by atoms with E-state index in [1.807, 2.05) is 0 Å². The van der Waals surface area contributed by atoms with Gasteiger partial charge in [-0.3, -0.25) is 0 Å². The predicted molar refractivity (Wildman–Crippen MR) is 46.6 cm³/mol. The number of ether oxygens (including phenoxy) is 2. The third-order valence-corrected chi connectivity index (χ3v) is 1.03. The molecule has 72 valence electrons. The van der Waals surface area contributed by atoms with Crippen molar-refractivity contribution in [1.29, 1.82) is 0 Å². The summed E-state index contributed by atoms with van der Waals surface area (Å²) in [5.74, 6) is 1.54. The van der Waals surface area contributed by atoms with E-state index in [4.69, 9.17) is 16.3 Å². The molecule has 0 fully saturated rings. The molecule has 0 spiro atoms. The van der Waals surface area contributed by atoms with E-state index in [0.29, 0.717) is 6.61 Å². The zero-order valence-electron chi connectivity index (χ0n) is 7.40. The molecule has 0 rings (SSSR count). The highest BCUT2D eigenvalue weighted by Gasteiger charge is 1.98. The van der Waals surface area contributed by atoms with Crippen LogP contribution in [0.1, 0.15) is 6.92 Å². The Kier molecular flexibility index (Phi) is 6.60. The van der Waals surface area contributed by atoms with Gasteiger partial charge in [-0.15, -0.1) is 6.42 Å². The maximum atomic E-state index is 10.7. The fraction of sp³-hybridized carbons (Fsp3) is 0.444. The second-order valence-electron chi connectivity index (χ2n) is 2.02. The van der Waals surface area contributed by atoms with Gasteiger partial charge in [0.15, 0.2) is 12.9 Å². The Bertz CT molecular complexity index is 214. The zero-order valence-corrected chi connectivity index (χ0v) is 7.40. The summed E-state index contributed by atoms with van der Waals surface area (Å²) in [5.41, 5.74) is 0. The fourth-order valence-electron chi connectivity index (χ4n) is 0.548. The highest BCUT2D eigenvalue weighted by Crippen LogP contribution is 1.90. The maximum absolute atomic E-state index is 10.7. The van der Waals surface area contributed by atoms with Crippen molar-refractivity contribution in [2.24, 2.45) is 0 Å². The molecule has 0 aliphatic heterocycles. The lowest BCUT2D eigenvalue weighted by Gasteiger charge is -2.03. The van der Waals surface area contributed by atoms with Gasteiger partial charge in [0.2, 0.25) is 0 Å². The standard InChI is InChI=1S/C9H12O4/c1-3-7-13-9(11)6-5-8(10)12-4-2/h1,5-6,8,10H,4,7H2,2H3. The van der Waals surface area contributed by atoms with Gasteiger partial charge in [0, 0.05) is 12.7 Å². The Hall–Kier alpha value is -1.31. The Morgan fingerprint density at radius 2 is 2.46 bits per heavy atom. The highest BCUT2D eigenvalue weighted by atomic mass is 16.6. The van der Waals surface area contributed by atoms with Crippen molar-refractivity contribution in [1.82, 2.24) is 0 Å². The van der Waals surface area contributed by atoms with Crippen LogP contribution in [-0.4, -0.2) is 30.6 Å². The number of rotatable bonds is 5.